The van der Waals surface area contributed by atoms with Gasteiger partial charge in [-0.15, -0.1) is 0 Å². The number of aromatic nitrogens is 2. The maximum absolute atomic E-state index is 13.0. The van der Waals surface area contributed by atoms with Crippen LogP contribution in [0.5, 0.6) is 5.75 Å². The molecule has 2 aromatic carbocycles. The standard InChI is InChI=1S/C20H18Cl2FN3O4/c21-15-2-1-3-16(19(15)22)29-11-14(27)10-24-17(28)8-9-18-25-20(26-30-18)12-4-6-13(23)7-5-12/h1-7,14,27H,8-11H2,(H,24,28). The van der Waals surface area contributed by atoms with Crippen molar-refractivity contribution in [3.63, 3.8) is 0 Å². The molecule has 0 aliphatic carbocycles. The van der Waals surface area contributed by atoms with Gasteiger partial charge in [0, 0.05) is 24.9 Å². The van der Waals surface area contributed by atoms with Gasteiger partial charge in [-0.1, -0.05) is 34.4 Å². The highest BCUT2D eigenvalue weighted by molar-refractivity contribution is 6.42. The SMILES string of the molecule is O=C(CCc1nc(-c2ccc(F)cc2)no1)NCC(O)COc1cccc(Cl)c1Cl. The average molecular weight is 454 g/mol. The third-order valence-electron chi connectivity index (χ3n) is 4.02. The molecule has 1 amide bonds. The fourth-order valence-electron chi connectivity index (χ4n) is 2.45. The van der Waals surface area contributed by atoms with Crippen LogP contribution in [0.3, 0.4) is 0 Å². The second-order valence-corrected chi connectivity index (χ2v) is 7.12. The van der Waals surface area contributed by atoms with E-state index in [0.717, 1.165) is 0 Å². The summed E-state index contributed by atoms with van der Waals surface area (Å²) in [6, 6.07) is 10.6. The van der Waals surface area contributed by atoms with Gasteiger partial charge in [0.1, 0.15) is 29.3 Å². The van der Waals surface area contributed by atoms with Crippen molar-refractivity contribution in [2.45, 2.75) is 18.9 Å². The number of ether oxygens (including phenoxy) is 1. The Labute approximate surface area is 181 Å². The van der Waals surface area contributed by atoms with E-state index in [2.05, 4.69) is 15.5 Å². The molecule has 0 aliphatic heterocycles. The lowest BCUT2D eigenvalue weighted by Crippen LogP contribution is -2.35. The third-order valence-corrected chi connectivity index (χ3v) is 4.82. The monoisotopic (exact) mass is 453 g/mol. The molecule has 0 saturated carbocycles. The predicted molar refractivity (Wildman–Crippen MR) is 109 cm³/mol. The lowest BCUT2D eigenvalue weighted by molar-refractivity contribution is -0.121. The minimum atomic E-state index is -0.933. The summed E-state index contributed by atoms with van der Waals surface area (Å²) in [5.74, 6) is 0.295. The van der Waals surface area contributed by atoms with Crippen molar-refractivity contribution in [1.82, 2.24) is 15.5 Å². The van der Waals surface area contributed by atoms with E-state index in [1.54, 1.807) is 18.2 Å². The summed E-state index contributed by atoms with van der Waals surface area (Å²) in [4.78, 5) is 16.2. The van der Waals surface area contributed by atoms with Gasteiger partial charge in [-0.25, -0.2) is 4.39 Å². The molecule has 0 aliphatic rings. The number of nitrogens with one attached hydrogen (secondary N) is 1. The molecule has 0 radical (unpaired) electrons. The van der Waals surface area contributed by atoms with Crippen LogP contribution in [0, 0.1) is 5.82 Å². The van der Waals surface area contributed by atoms with Gasteiger partial charge in [-0.05, 0) is 36.4 Å². The summed E-state index contributed by atoms with van der Waals surface area (Å²) in [6.07, 6.45) is -0.610. The molecular weight excluding hydrogens is 436 g/mol. The lowest BCUT2D eigenvalue weighted by atomic mass is 10.2. The first-order chi connectivity index (χ1) is 14.4. The van der Waals surface area contributed by atoms with Gasteiger partial charge in [-0.3, -0.25) is 4.79 Å². The molecule has 10 heteroatoms. The largest absolute Gasteiger partial charge is 0.489 e. The van der Waals surface area contributed by atoms with Crippen molar-refractivity contribution in [3.8, 4) is 17.1 Å². The number of aliphatic hydroxyl groups excluding tert-OH is 1. The highest BCUT2D eigenvalue weighted by atomic mass is 35.5. The van der Waals surface area contributed by atoms with Gasteiger partial charge in [0.25, 0.3) is 0 Å². The smallest absolute Gasteiger partial charge is 0.227 e. The molecule has 0 spiro atoms. The highest BCUT2D eigenvalue weighted by Crippen LogP contribution is 2.31. The second kappa shape index (κ2) is 10.4. The average Bonchev–Trinajstić information content (AvgIpc) is 3.21. The van der Waals surface area contributed by atoms with E-state index in [4.69, 9.17) is 32.5 Å². The fraction of sp³-hybridized carbons (Fsp3) is 0.250. The quantitative estimate of drug-likeness (QED) is 0.512. The molecule has 1 unspecified atom stereocenters. The van der Waals surface area contributed by atoms with E-state index in [0.29, 0.717) is 22.2 Å². The number of nitrogens with zero attached hydrogens (tertiary/aromatic N) is 2. The molecular formula is C20H18Cl2FN3O4. The first-order valence-electron chi connectivity index (χ1n) is 9.02. The highest BCUT2D eigenvalue weighted by Gasteiger charge is 2.13. The summed E-state index contributed by atoms with van der Waals surface area (Å²) < 4.78 is 23.5. The maximum Gasteiger partial charge on any atom is 0.227 e. The summed E-state index contributed by atoms with van der Waals surface area (Å²) in [7, 11) is 0. The summed E-state index contributed by atoms with van der Waals surface area (Å²) in [6.45, 7) is -0.0628. The molecule has 1 aromatic heterocycles. The number of carbonyl (C=O) groups is 1. The summed E-state index contributed by atoms with van der Waals surface area (Å²) in [5.41, 5.74) is 0.610. The van der Waals surface area contributed by atoms with Crippen LogP contribution >= 0.6 is 23.2 Å². The Balaban J connectivity index is 1.39. The number of halogens is 3. The van der Waals surface area contributed by atoms with E-state index in [1.165, 1.54) is 24.3 Å². The number of amides is 1. The molecule has 1 heterocycles. The molecule has 3 aromatic rings. The van der Waals surface area contributed by atoms with Crippen LogP contribution in [0.1, 0.15) is 12.3 Å². The number of hydrogen-bond donors (Lipinski definition) is 2. The van der Waals surface area contributed by atoms with Crippen molar-refractivity contribution >= 4 is 29.1 Å². The van der Waals surface area contributed by atoms with Crippen LogP contribution in [0.15, 0.2) is 47.0 Å². The molecule has 0 fully saturated rings. The van der Waals surface area contributed by atoms with Crippen LogP contribution in [0.4, 0.5) is 4.39 Å². The molecule has 0 bridgehead atoms. The fourth-order valence-corrected chi connectivity index (χ4v) is 2.80. The molecule has 7 nitrogen and oxygen atoms in total. The zero-order valence-electron chi connectivity index (χ0n) is 15.6. The Morgan fingerprint density at radius 2 is 2.00 bits per heavy atom. The number of aliphatic hydroxyl groups is 1. The van der Waals surface area contributed by atoms with Crippen LogP contribution < -0.4 is 10.1 Å². The molecule has 2 N–H and O–H groups in total. The minimum Gasteiger partial charge on any atom is -0.489 e. The Hall–Kier alpha value is -2.68. The van der Waals surface area contributed by atoms with Crippen molar-refractivity contribution in [2.24, 2.45) is 0 Å². The van der Waals surface area contributed by atoms with E-state index >= 15 is 0 Å². The number of carbonyl (C=O) groups excluding carboxylic acids is 1. The second-order valence-electron chi connectivity index (χ2n) is 6.34. The molecule has 1 atom stereocenters. The topological polar surface area (TPSA) is 97.5 Å². The van der Waals surface area contributed by atoms with E-state index < -0.39 is 6.10 Å². The van der Waals surface area contributed by atoms with Gasteiger partial charge >= 0.3 is 0 Å². The van der Waals surface area contributed by atoms with E-state index in [-0.39, 0.29) is 48.6 Å². The van der Waals surface area contributed by atoms with Crippen molar-refractivity contribution < 1.29 is 23.6 Å². The number of benzene rings is 2. The first kappa shape index (κ1) is 22.0. The Bertz CT molecular complexity index is 998. The van der Waals surface area contributed by atoms with Crippen molar-refractivity contribution in [1.29, 1.82) is 0 Å². The Morgan fingerprint density at radius 3 is 2.77 bits per heavy atom. The molecule has 3 rings (SSSR count). The summed E-state index contributed by atoms with van der Waals surface area (Å²) >= 11 is 11.9. The van der Waals surface area contributed by atoms with Crippen LogP contribution in [-0.4, -0.2) is 40.4 Å². The van der Waals surface area contributed by atoms with Gasteiger partial charge in [0.2, 0.25) is 17.6 Å². The van der Waals surface area contributed by atoms with Gasteiger partial charge in [-0.2, -0.15) is 4.98 Å². The van der Waals surface area contributed by atoms with Crippen LogP contribution in [0.25, 0.3) is 11.4 Å². The molecule has 30 heavy (non-hydrogen) atoms. The Kier molecular flexibility index (Phi) is 7.62. The zero-order chi connectivity index (χ0) is 21.5. The van der Waals surface area contributed by atoms with Crippen molar-refractivity contribution in [3.05, 3.63) is 64.2 Å². The van der Waals surface area contributed by atoms with Gasteiger partial charge in [0.15, 0.2) is 0 Å². The first-order valence-corrected chi connectivity index (χ1v) is 9.78. The Morgan fingerprint density at radius 1 is 1.23 bits per heavy atom. The van der Waals surface area contributed by atoms with Crippen LogP contribution in [0.2, 0.25) is 10.0 Å². The van der Waals surface area contributed by atoms with E-state index in [9.17, 15) is 14.3 Å². The number of hydrogen-bond acceptors (Lipinski definition) is 6. The molecule has 158 valence electrons. The summed E-state index contributed by atoms with van der Waals surface area (Å²) in [5, 5.41) is 17.0. The number of rotatable bonds is 9. The predicted octanol–water partition coefficient (Wildman–Crippen LogP) is 3.67. The lowest BCUT2D eigenvalue weighted by Gasteiger charge is -2.14. The molecule has 0 saturated heterocycles. The zero-order valence-corrected chi connectivity index (χ0v) is 17.2. The minimum absolute atomic E-state index is 0.00167. The van der Waals surface area contributed by atoms with E-state index in [1.807, 2.05) is 0 Å². The normalized spacial score (nSPS) is 11.9. The van der Waals surface area contributed by atoms with Crippen molar-refractivity contribution in [2.75, 3.05) is 13.2 Å². The number of aryl methyl sites for hydroxylation is 1. The van der Waals surface area contributed by atoms with Gasteiger partial charge < -0.3 is 19.7 Å². The van der Waals surface area contributed by atoms with Crippen LogP contribution in [-0.2, 0) is 11.2 Å². The maximum atomic E-state index is 13.0. The third kappa shape index (κ3) is 6.16. The van der Waals surface area contributed by atoms with Gasteiger partial charge in [0.05, 0.1) is 5.02 Å².